The molecule has 0 aromatic heterocycles. The lowest BCUT2D eigenvalue weighted by Gasteiger charge is -2.32. The Morgan fingerprint density at radius 1 is 1.55 bits per heavy atom. The average Bonchev–Trinajstić information content (AvgIpc) is 3.33. The molecule has 1 aromatic carbocycles. The second-order valence-electron chi connectivity index (χ2n) is 6.40. The van der Waals surface area contributed by atoms with Gasteiger partial charge in [0.15, 0.2) is 0 Å². The van der Waals surface area contributed by atoms with Crippen LogP contribution in [0.2, 0.25) is 0 Å². The van der Waals surface area contributed by atoms with Crippen molar-refractivity contribution < 1.29 is 9.18 Å². The Morgan fingerprint density at radius 2 is 2.32 bits per heavy atom. The van der Waals surface area contributed by atoms with Gasteiger partial charge in [0.2, 0.25) is 5.91 Å². The van der Waals surface area contributed by atoms with Crippen LogP contribution in [0.4, 0.5) is 10.1 Å². The van der Waals surface area contributed by atoms with Crippen LogP contribution in [0.5, 0.6) is 0 Å². The van der Waals surface area contributed by atoms with Crippen molar-refractivity contribution in [3.63, 3.8) is 0 Å². The molecule has 0 radical (unpaired) electrons. The SMILES string of the molecule is C[C@@](C#N)(NC(=O)CN1CCCc2c(F)cccc21)C1CC1. The minimum Gasteiger partial charge on any atom is -0.362 e. The minimum atomic E-state index is -0.780. The van der Waals surface area contributed by atoms with Crippen LogP contribution < -0.4 is 10.2 Å². The number of hydrogen-bond donors (Lipinski definition) is 1. The molecule has 1 amide bonds. The van der Waals surface area contributed by atoms with E-state index in [0.717, 1.165) is 31.5 Å². The Morgan fingerprint density at radius 3 is 3.00 bits per heavy atom. The molecule has 3 rings (SSSR count). The fraction of sp³-hybridized carbons (Fsp3) is 0.529. The first-order chi connectivity index (χ1) is 10.5. The van der Waals surface area contributed by atoms with Gasteiger partial charge in [-0.05, 0) is 50.7 Å². The quantitative estimate of drug-likeness (QED) is 0.929. The first kappa shape index (κ1) is 14.8. The highest BCUT2D eigenvalue weighted by molar-refractivity contribution is 5.83. The summed E-state index contributed by atoms with van der Waals surface area (Å²) in [6.07, 6.45) is 3.52. The molecule has 0 bridgehead atoms. The van der Waals surface area contributed by atoms with Crippen molar-refractivity contribution in [3.8, 4) is 6.07 Å². The molecule has 1 saturated carbocycles. The van der Waals surface area contributed by atoms with Crippen LogP contribution in [0.25, 0.3) is 0 Å². The Balaban J connectivity index is 1.71. The van der Waals surface area contributed by atoms with Crippen molar-refractivity contribution in [2.45, 2.75) is 38.1 Å². The number of nitriles is 1. The largest absolute Gasteiger partial charge is 0.362 e. The van der Waals surface area contributed by atoms with Gasteiger partial charge < -0.3 is 10.2 Å². The van der Waals surface area contributed by atoms with E-state index in [2.05, 4.69) is 11.4 Å². The lowest BCUT2D eigenvalue weighted by Crippen LogP contribution is -2.50. The topological polar surface area (TPSA) is 56.1 Å². The summed E-state index contributed by atoms with van der Waals surface area (Å²) >= 11 is 0. The summed E-state index contributed by atoms with van der Waals surface area (Å²) in [4.78, 5) is 14.2. The summed E-state index contributed by atoms with van der Waals surface area (Å²) in [5, 5.41) is 12.2. The van der Waals surface area contributed by atoms with Gasteiger partial charge in [-0.15, -0.1) is 0 Å². The lowest BCUT2D eigenvalue weighted by molar-refractivity contribution is -0.121. The fourth-order valence-corrected chi connectivity index (χ4v) is 3.21. The molecule has 1 N–H and O–H groups in total. The van der Waals surface area contributed by atoms with E-state index >= 15 is 0 Å². The maximum absolute atomic E-state index is 13.9. The Hall–Kier alpha value is -2.09. The molecule has 22 heavy (non-hydrogen) atoms. The summed E-state index contributed by atoms with van der Waals surface area (Å²) in [6.45, 7) is 2.68. The van der Waals surface area contributed by atoms with Crippen LogP contribution >= 0.6 is 0 Å². The van der Waals surface area contributed by atoms with Crippen LogP contribution in [-0.4, -0.2) is 24.5 Å². The number of halogens is 1. The summed E-state index contributed by atoms with van der Waals surface area (Å²) in [6, 6.07) is 7.22. The number of nitrogens with zero attached hydrogens (tertiary/aromatic N) is 2. The molecule has 116 valence electrons. The third kappa shape index (κ3) is 2.78. The van der Waals surface area contributed by atoms with E-state index in [1.807, 2.05) is 11.0 Å². The van der Waals surface area contributed by atoms with Crippen molar-refractivity contribution in [1.29, 1.82) is 5.26 Å². The number of anilines is 1. The number of hydrogen-bond acceptors (Lipinski definition) is 3. The van der Waals surface area contributed by atoms with Gasteiger partial charge in [0.1, 0.15) is 11.4 Å². The van der Waals surface area contributed by atoms with Crippen LogP contribution in [-0.2, 0) is 11.2 Å². The zero-order valence-electron chi connectivity index (χ0n) is 12.7. The molecule has 5 heteroatoms. The van der Waals surface area contributed by atoms with Gasteiger partial charge in [0.25, 0.3) is 0 Å². The fourth-order valence-electron chi connectivity index (χ4n) is 3.21. The number of fused-ring (bicyclic) bond motifs is 1. The highest BCUT2D eigenvalue weighted by Crippen LogP contribution is 2.39. The van der Waals surface area contributed by atoms with Crippen LogP contribution in [0, 0.1) is 23.1 Å². The molecule has 1 aliphatic carbocycles. The molecule has 2 aliphatic rings. The zero-order valence-corrected chi connectivity index (χ0v) is 12.7. The van der Waals surface area contributed by atoms with E-state index in [9.17, 15) is 14.4 Å². The van der Waals surface area contributed by atoms with E-state index in [0.29, 0.717) is 12.0 Å². The molecule has 0 spiro atoms. The number of benzene rings is 1. The summed E-state index contributed by atoms with van der Waals surface area (Å²) in [5.74, 6) is -0.122. The summed E-state index contributed by atoms with van der Waals surface area (Å²) < 4.78 is 13.9. The van der Waals surface area contributed by atoms with Gasteiger partial charge in [-0.1, -0.05) is 6.07 Å². The summed E-state index contributed by atoms with van der Waals surface area (Å²) in [7, 11) is 0. The van der Waals surface area contributed by atoms with Gasteiger partial charge in [-0.2, -0.15) is 5.26 Å². The van der Waals surface area contributed by atoms with Crippen molar-refractivity contribution in [2.24, 2.45) is 5.92 Å². The third-order valence-electron chi connectivity index (χ3n) is 4.65. The molecule has 1 aliphatic heterocycles. The molecule has 1 aromatic rings. The van der Waals surface area contributed by atoms with Crippen LogP contribution in [0.15, 0.2) is 18.2 Å². The predicted molar refractivity (Wildman–Crippen MR) is 81.8 cm³/mol. The number of carbonyl (C=O) groups is 1. The standard InChI is InChI=1S/C17H20FN3O/c1-17(11-19,12-7-8-12)20-16(22)10-21-9-3-4-13-14(18)5-2-6-15(13)21/h2,5-6,12H,3-4,7-10H2,1H3,(H,20,22)/t17-/m0/s1. The van der Waals surface area contributed by atoms with Gasteiger partial charge >= 0.3 is 0 Å². The Labute approximate surface area is 129 Å². The first-order valence-corrected chi connectivity index (χ1v) is 7.78. The molecule has 4 nitrogen and oxygen atoms in total. The first-order valence-electron chi connectivity index (χ1n) is 7.78. The normalized spacial score (nSPS) is 19.8. The molecule has 0 saturated heterocycles. The third-order valence-corrected chi connectivity index (χ3v) is 4.65. The monoisotopic (exact) mass is 301 g/mol. The van der Waals surface area contributed by atoms with Crippen molar-refractivity contribution in [2.75, 3.05) is 18.0 Å². The number of carbonyl (C=O) groups excluding carboxylic acids is 1. The van der Waals surface area contributed by atoms with Crippen LogP contribution in [0.3, 0.4) is 0 Å². The lowest BCUT2D eigenvalue weighted by atomic mass is 9.97. The summed E-state index contributed by atoms with van der Waals surface area (Å²) in [5.41, 5.74) is 0.704. The van der Waals surface area contributed by atoms with Crippen molar-refractivity contribution in [3.05, 3.63) is 29.6 Å². The van der Waals surface area contributed by atoms with Crippen molar-refractivity contribution in [1.82, 2.24) is 5.32 Å². The molecule has 0 unspecified atom stereocenters. The van der Waals surface area contributed by atoms with Gasteiger partial charge in [-0.25, -0.2) is 4.39 Å². The smallest absolute Gasteiger partial charge is 0.240 e. The van der Waals surface area contributed by atoms with Crippen molar-refractivity contribution >= 4 is 11.6 Å². The zero-order chi connectivity index (χ0) is 15.7. The molecule has 1 heterocycles. The van der Waals surface area contributed by atoms with E-state index < -0.39 is 5.54 Å². The molecular weight excluding hydrogens is 281 g/mol. The maximum Gasteiger partial charge on any atom is 0.240 e. The van der Waals surface area contributed by atoms with E-state index in [1.54, 1.807) is 13.0 Å². The van der Waals surface area contributed by atoms with Gasteiger partial charge in [0, 0.05) is 17.8 Å². The highest BCUT2D eigenvalue weighted by Gasteiger charge is 2.43. The second kappa shape index (κ2) is 5.60. The van der Waals surface area contributed by atoms with E-state index in [4.69, 9.17) is 0 Å². The molecular formula is C17H20FN3O. The second-order valence-corrected chi connectivity index (χ2v) is 6.40. The predicted octanol–water partition coefficient (Wildman–Crippen LogP) is 2.39. The number of nitrogens with one attached hydrogen (secondary N) is 1. The number of rotatable bonds is 4. The van der Waals surface area contributed by atoms with E-state index in [1.165, 1.54) is 6.07 Å². The average molecular weight is 301 g/mol. The van der Waals surface area contributed by atoms with Gasteiger partial charge in [-0.3, -0.25) is 4.79 Å². The molecule has 1 fully saturated rings. The van der Waals surface area contributed by atoms with Crippen LogP contribution in [0.1, 0.15) is 31.7 Å². The van der Waals surface area contributed by atoms with Gasteiger partial charge in [0.05, 0.1) is 12.6 Å². The Bertz CT molecular complexity index is 635. The number of amides is 1. The maximum atomic E-state index is 13.9. The highest BCUT2D eigenvalue weighted by atomic mass is 19.1. The Kier molecular flexibility index (Phi) is 3.78. The molecule has 1 atom stereocenters. The van der Waals surface area contributed by atoms with E-state index in [-0.39, 0.29) is 24.2 Å². The minimum absolute atomic E-state index is 0.167.